The fourth-order valence-corrected chi connectivity index (χ4v) is 3.79. The van der Waals surface area contributed by atoms with Crippen LogP contribution in [0.2, 0.25) is 0 Å². The van der Waals surface area contributed by atoms with Crippen molar-refractivity contribution in [2.75, 3.05) is 0 Å². The van der Waals surface area contributed by atoms with E-state index in [9.17, 15) is 13.6 Å². The summed E-state index contributed by atoms with van der Waals surface area (Å²) < 4.78 is 28.5. The van der Waals surface area contributed by atoms with Crippen molar-refractivity contribution in [2.24, 2.45) is 0 Å². The van der Waals surface area contributed by atoms with E-state index in [1.807, 2.05) is 19.1 Å². The third-order valence-corrected chi connectivity index (χ3v) is 5.20. The van der Waals surface area contributed by atoms with Crippen molar-refractivity contribution in [3.63, 3.8) is 0 Å². The van der Waals surface area contributed by atoms with Gasteiger partial charge in [0.25, 0.3) is 5.91 Å². The van der Waals surface area contributed by atoms with Crippen LogP contribution in [0.5, 0.6) is 0 Å². The number of aromatic nitrogens is 2. The Morgan fingerprint density at radius 3 is 2.79 bits per heavy atom. The van der Waals surface area contributed by atoms with Gasteiger partial charge in [-0.2, -0.15) is 5.10 Å². The van der Waals surface area contributed by atoms with Gasteiger partial charge >= 0.3 is 0 Å². The largest absolute Gasteiger partial charge is 0.344 e. The molecule has 2 aromatic carbocycles. The molecule has 1 aliphatic carbocycles. The number of nitrogens with zero attached hydrogens (tertiary/aromatic N) is 2. The van der Waals surface area contributed by atoms with Gasteiger partial charge in [0.05, 0.1) is 11.7 Å². The van der Waals surface area contributed by atoms with Crippen LogP contribution >= 0.6 is 0 Å². The third-order valence-electron chi connectivity index (χ3n) is 5.20. The fourth-order valence-electron chi connectivity index (χ4n) is 3.79. The molecule has 1 aliphatic rings. The molecule has 1 amide bonds. The smallest absolute Gasteiger partial charge is 0.272 e. The number of carbonyl (C=O) groups is 1. The lowest BCUT2D eigenvalue weighted by Crippen LogP contribution is -2.31. The number of amides is 1. The quantitative estimate of drug-likeness (QED) is 0.715. The van der Waals surface area contributed by atoms with Crippen LogP contribution in [-0.2, 0) is 13.0 Å². The normalized spacial score (nSPS) is 15.9. The van der Waals surface area contributed by atoms with Crippen LogP contribution in [0.25, 0.3) is 11.3 Å². The summed E-state index contributed by atoms with van der Waals surface area (Å²) in [6.45, 7) is 2.39. The van der Waals surface area contributed by atoms with E-state index in [0.717, 1.165) is 37.0 Å². The summed E-state index contributed by atoms with van der Waals surface area (Å²) >= 11 is 0. The third kappa shape index (κ3) is 3.42. The zero-order chi connectivity index (χ0) is 19.7. The minimum Gasteiger partial charge on any atom is -0.344 e. The van der Waals surface area contributed by atoms with E-state index < -0.39 is 11.6 Å². The van der Waals surface area contributed by atoms with E-state index in [1.165, 1.54) is 11.6 Å². The molecule has 28 heavy (non-hydrogen) atoms. The lowest BCUT2D eigenvalue weighted by Gasteiger charge is -2.26. The van der Waals surface area contributed by atoms with Gasteiger partial charge in [0.1, 0.15) is 0 Å². The van der Waals surface area contributed by atoms with Crippen LogP contribution in [0, 0.1) is 11.6 Å². The zero-order valence-corrected chi connectivity index (χ0v) is 15.6. The molecule has 1 aromatic heterocycles. The maximum atomic E-state index is 13.6. The van der Waals surface area contributed by atoms with Crippen molar-refractivity contribution >= 4 is 5.91 Å². The zero-order valence-electron chi connectivity index (χ0n) is 15.6. The number of nitrogens with one attached hydrogen (secondary N) is 1. The average Bonchev–Trinajstić information content (AvgIpc) is 3.15. The average molecular weight is 381 g/mol. The number of fused-ring (bicyclic) bond motifs is 1. The van der Waals surface area contributed by atoms with Crippen molar-refractivity contribution in [1.29, 1.82) is 0 Å². The van der Waals surface area contributed by atoms with Gasteiger partial charge in [-0.05, 0) is 61.6 Å². The maximum Gasteiger partial charge on any atom is 0.272 e. The molecule has 0 spiro atoms. The number of aryl methyl sites for hydroxylation is 2. The Balaban J connectivity index is 1.61. The second kappa shape index (κ2) is 7.54. The minimum absolute atomic E-state index is 0.0454. The summed E-state index contributed by atoms with van der Waals surface area (Å²) in [6.07, 6.45) is 2.92. The van der Waals surface area contributed by atoms with E-state index in [0.29, 0.717) is 17.8 Å². The van der Waals surface area contributed by atoms with Crippen molar-refractivity contribution in [1.82, 2.24) is 15.1 Å². The first-order valence-corrected chi connectivity index (χ1v) is 9.48. The van der Waals surface area contributed by atoms with E-state index in [2.05, 4.69) is 22.5 Å². The Hall–Kier alpha value is -3.02. The summed E-state index contributed by atoms with van der Waals surface area (Å²) in [5, 5.41) is 7.45. The fraction of sp³-hybridized carbons (Fsp3) is 0.273. The molecule has 144 valence electrons. The standard InChI is InChI=1S/C22H21F2N3O/c1-2-27-21(15-10-11-17(23)18(24)12-15)13-20(26-27)22(28)25-19-9-5-7-14-6-3-4-8-16(14)19/h3-4,6,8,10-13,19H,2,5,7,9H2,1H3,(H,25,28)/t19-/m1/s1. The molecule has 1 heterocycles. The molecular formula is C22H21F2N3O. The predicted molar refractivity (Wildman–Crippen MR) is 103 cm³/mol. The molecule has 1 atom stereocenters. The number of carbonyl (C=O) groups excluding carboxylic acids is 1. The van der Waals surface area contributed by atoms with Gasteiger partial charge in [0.15, 0.2) is 17.3 Å². The summed E-state index contributed by atoms with van der Waals surface area (Å²) in [6, 6.07) is 13.4. The lowest BCUT2D eigenvalue weighted by molar-refractivity contribution is 0.0927. The van der Waals surface area contributed by atoms with Crippen LogP contribution in [0.4, 0.5) is 8.78 Å². The molecule has 0 unspecified atom stereocenters. The number of hydrogen-bond donors (Lipinski definition) is 1. The highest BCUT2D eigenvalue weighted by atomic mass is 19.2. The van der Waals surface area contributed by atoms with Gasteiger partial charge in [0, 0.05) is 12.1 Å². The van der Waals surface area contributed by atoms with Crippen molar-refractivity contribution in [3.8, 4) is 11.3 Å². The monoisotopic (exact) mass is 381 g/mol. The molecule has 0 aliphatic heterocycles. The Kier molecular flexibility index (Phi) is 4.94. The highest BCUT2D eigenvalue weighted by Gasteiger charge is 2.24. The van der Waals surface area contributed by atoms with Crippen LogP contribution in [-0.4, -0.2) is 15.7 Å². The number of rotatable bonds is 4. The summed E-state index contributed by atoms with van der Waals surface area (Å²) in [7, 11) is 0. The molecule has 4 nitrogen and oxygen atoms in total. The van der Waals surface area contributed by atoms with Crippen LogP contribution in [0.15, 0.2) is 48.5 Å². The number of benzene rings is 2. The molecule has 4 rings (SSSR count). The molecule has 3 aromatic rings. The van der Waals surface area contributed by atoms with Gasteiger partial charge in [-0.15, -0.1) is 0 Å². The highest BCUT2D eigenvalue weighted by Crippen LogP contribution is 2.30. The van der Waals surface area contributed by atoms with Crippen LogP contribution in [0.1, 0.15) is 47.4 Å². The second-order valence-corrected chi connectivity index (χ2v) is 6.98. The van der Waals surface area contributed by atoms with E-state index in [4.69, 9.17) is 0 Å². The van der Waals surface area contributed by atoms with Gasteiger partial charge in [-0.1, -0.05) is 24.3 Å². The minimum atomic E-state index is -0.925. The van der Waals surface area contributed by atoms with E-state index in [1.54, 1.807) is 10.7 Å². The Bertz CT molecular complexity index is 1030. The first-order chi connectivity index (χ1) is 13.6. The lowest BCUT2D eigenvalue weighted by atomic mass is 9.87. The number of hydrogen-bond acceptors (Lipinski definition) is 2. The molecular weight excluding hydrogens is 360 g/mol. The molecule has 1 N–H and O–H groups in total. The summed E-state index contributed by atoms with van der Waals surface area (Å²) in [5.74, 6) is -2.09. The Morgan fingerprint density at radius 1 is 1.18 bits per heavy atom. The summed E-state index contributed by atoms with van der Waals surface area (Å²) in [4.78, 5) is 12.8. The molecule has 6 heteroatoms. The topological polar surface area (TPSA) is 46.9 Å². The van der Waals surface area contributed by atoms with Gasteiger partial charge in [0.2, 0.25) is 0 Å². The first kappa shape index (κ1) is 18.3. The molecule has 0 radical (unpaired) electrons. The second-order valence-electron chi connectivity index (χ2n) is 6.98. The van der Waals surface area contributed by atoms with Crippen LogP contribution in [0.3, 0.4) is 0 Å². The van der Waals surface area contributed by atoms with Gasteiger partial charge in [-0.3, -0.25) is 9.48 Å². The van der Waals surface area contributed by atoms with Crippen molar-refractivity contribution in [2.45, 2.75) is 38.8 Å². The van der Waals surface area contributed by atoms with Crippen molar-refractivity contribution < 1.29 is 13.6 Å². The molecule has 0 saturated carbocycles. The summed E-state index contributed by atoms with van der Waals surface area (Å²) in [5.41, 5.74) is 3.74. The van der Waals surface area contributed by atoms with Gasteiger partial charge in [-0.25, -0.2) is 8.78 Å². The van der Waals surface area contributed by atoms with Crippen LogP contribution < -0.4 is 5.32 Å². The molecule has 0 bridgehead atoms. The first-order valence-electron chi connectivity index (χ1n) is 9.48. The predicted octanol–water partition coefficient (Wildman–Crippen LogP) is 4.66. The molecule has 0 fully saturated rings. The van der Waals surface area contributed by atoms with E-state index >= 15 is 0 Å². The Morgan fingerprint density at radius 2 is 2.00 bits per heavy atom. The van der Waals surface area contributed by atoms with Gasteiger partial charge < -0.3 is 5.32 Å². The SMILES string of the molecule is CCn1nc(C(=O)N[C@@H]2CCCc3ccccc32)cc1-c1ccc(F)c(F)c1. The van der Waals surface area contributed by atoms with Crippen molar-refractivity contribution in [3.05, 3.63) is 77.0 Å². The maximum absolute atomic E-state index is 13.6. The van der Waals surface area contributed by atoms with E-state index in [-0.39, 0.29) is 17.6 Å². The molecule has 0 saturated heterocycles. The Labute approximate surface area is 162 Å². The number of halogens is 2. The highest BCUT2D eigenvalue weighted by molar-refractivity contribution is 5.93.